The van der Waals surface area contributed by atoms with Gasteiger partial charge in [0, 0.05) is 71.9 Å². The predicted molar refractivity (Wildman–Crippen MR) is 330 cm³/mol. The molecule has 5 aromatic rings. The zero-order valence-corrected chi connectivity index (χ0v) is 51.9. The Balaban J connectivity index is 0.00000315. The number of hydrogen-bond donors (Lipinski definition) is 5. The van der Waals surface area contributed by atoms with Gasteiger partial charge in [-0.2, -0.15) is 9.59 Å². The summed E-state index contributed by atoms with van der Waals surface area (Å²) in [7, 11) is 0. The molecule has 2 heterocycles. The molecule has 2 bridgehead atoms. The monoisotopic (exact) mass is 1280 g/mol. The Bertz CT molecular complexity index is 4220. The molecular formula is C71H66N2O21. The van der Waals surface area contributed by atoms with Gasteiger partial charge in [-0.05, 0) is 104 Å². The lowest BCUT2D eigenvalue weighted by atomic mass is 9.44. The lowest BCUT2D eigenvalue weighted by Gasteiger charge is -2.67. The Morgan fingerprint density at radius 2 is 1.31 bits per heavy atom. The molecule has 23 heteroatoms. The van der Waals surface area contributed by atoms with Gasteiger partial charge in [-0.3, -0.25) is 28.8 Å². The molecule has 5 aromatic carbocycles. The zero-order chi connectivity index (χ0) is 67.8. The minimum atomic E-state index is -2.58. The maximum Gasteiger partial charge on any atom is 0.373 e. The molecule has 1 saturated heterocycles. The maximum absolute atomic E-state index is 16.6. The van der Waals surface area contributed by atoms with Crippen LogP contribution in [0.1, 0.15) is 104 Å². The van der Waals surface area contributed by atoms with Crippen LogP contribution in [0.2, 0.25) is 0 Å². The van der Waals surface area contributed by atoms with E-state index in [1.54, 1.807) is 103 Å². The Hall–Kier alpha value is -10.5. The number of rotatable bonds is 15. The second kappa shape index (κ2) is 26.3. The van der Waals surface area contributed by atoms with E-state index in [4.69, 9.17) is 42.4 Å². The number of benzene rings is 6. The van der Waals surface area contributed by atoms with E-state index in [1.165, 1.54) is 83.1 Å². The number of carbonyl (C=O) groups is 8. The number of nitrogens with one attached hydrogen (secondary N) is 2. The molecule has 2 amide bonds. The Morgan fingerprint density at radius 3 is 1.91 bits per heavy atom. The summed E-state index contributed by atoms with van der Waals surface area (Å²) in [5.41, 5.74) is -6.29. The van der Waals surface area contributed by atoms with Crippen molar-refractivity contribution in [3.8, 4) is 28.2 Å². The highest BCUT2D eigenvalue weighted by molar-refractivity contribution is 6.04. The van der Waals surface area contributed by atoms with E-state index in [1.807, 2.05) is 0 Å². The van der Waals surface area contributed by atoms with E-state index in [0.717, 1.165) is 13.8 Å². The molecule has 486 valence electrons. The molecule has 2 aliphatic heterocycles. The first kappa shape index (κ1) is 66.5. The third-order valence-corrected chi connectivity index (χ3v) is 18.5. The van der Waals surface area contributed by atoms with Gasteiger partial charge in [0.15, 0.2) is 29.0 Å². The number of fused-ring (bicyclic) bond motifs is 7. The third kappa shape index (κ3) is 12.2. The number of esters is 5. The predicted octanol–water partition coefficient (Wildman–Crippen LogP) is 7.11. The van der Waals surface area contributed by atoms with Crippen molar-refractivity contribution in [3.63, 3.8) is 0 Å². The van der Waals surface area contributed by atoms with Crippen molar-refractivity contribution in [1.29, 1.82) is 0 Å². The van der Waals surface area contributed by atoms with Gasteiger partial charge in [0.25, 0.3) is 11.8 Å². The van der Waals surface area contributed by atoms with Crippen molar-refractivity contribution in [3.05, 3.63) is 195 Å². The normalized spacial score (nSPS) is 25.0. The van der Waals surface area contributed by atoms with Crippen molar-refractivity contribution < 1.29 is 96.1 Å². The minimum absolute atomic E-state index is 0.0193. The first-order chi connectivity index (χ1) is 44.7. The summed E-state index contributed by atoms with van der Waals surface area (Å²) in [6.07, 6.45) is -11.5. The van der Waals surface area contributed by atoms with Crippen molar-refractivity contribution >= 4 is 64.6 Å². The molecule has 0 aromatic heterocycles. The summed E-state index contributed by atoms with van der Waals surface area (Å²) in [6, 6.07) is 36.3. The molecule has 94 heavy (non-hydrogen) atoms. The molecular weight excluding hydrogens is 1220 g/mol. The van der Waals surface area contributed by atoms with E-state index < -0.39 is 137 Å². The molecule has 23 nitrogen and oxygen atoms in total. The molecule has 11 rings (SSSR count). The Morgan fingerprint density at radius 1 is 0.702 bits per heavy atom. The van der Waals surface area contributed by atoms with Gasteiger partial charge in [0.2, 0.25) is 0 Å². The van der Waals surface area contributed by atoms with Crippen LogP contribution in [0.15, 0.2) is 172 Å². The SMILES string of the molecule is CC(=O)O[C@H]1C(=O)[C@@]2(C)C([C@H](OC(=O)c3ccccc3)[C@]3(O)C[C@H](OC(=O)[C@H](O)[C@@H](NC(=O)c4ccccc4)c4ccccc4)C(C)=C1C3(C)C)[C@]1(OC(C)=O)CO[C@@H]1C[C@@H]2OC(=O)[C@H](C)NC(=O)c1ccc(-c2c3ccc(=O)cc-3oc3cc(O)ccc23)cc1.O=C=O. The minimum Gasteiger partial charge on any atom is -0.508 e. The highest BCUT2D eigenvalue weighted by Gasteiger charge is 2.79. The average Bonchev–Trinajstić information content (AvgIpc) is 0.668. The first-order valence-electron chi connectivity index (χ1n) is 30.0. The van der Waals surface area contributed by atoms with E-state index in [9.17, 15) is 53.7 Å². The quantitative estimate of drug-likeness (QED) is 0.0295. The second-order valence-electron chi connectivity index (χ2n) is 24.4. The topological polar surface area (TPSA) is 341 Å². The summed E-state index contributed by atoms with van der Waals surface area (Å²) in [6.45, 7) is 8.92. The molecule has 5 N–H and O–H groups in total. The van der Waals surface area contributed by atoms with Crippen LogP contribution in [-0.2, 0) is 62.0 Å². The number of aliphatic hydroxyl groups is 2. The fraction of sp³-hybridized carbons (Fsp3) is 0.324. The van der Waals surface area contributed by atoms with Crippen LogP contribution >= 0.6 is 0 Å². The summed E-state index contributed by atoms with van der Waals surface area (Å²) in [5.74, 6) is -9.21. The van der Waals surface area contributed by atoms with Gasteiger partial charge >= 0.3 is 36.0 Å². The molecule has 0 radical (unpaired) electrons. The highest BCUT2D eigenvalue weighted by Crippen LogP contribution is 2.65. The van der Waals surface area contributed by atoms with E-state index >= 15 is 4.79 Å². The molecule has 12 atom stereocenters. The molecule has 3 fully saturated rings. The van der Waals surface area contributed by atoms with E-state index in [2.05, 4.69) is 10.6 Å². The lowest BCUT2D eigenvalue weighted by molar-refractivity contribution is -0.346. The van der Waals surface area contributed by atoms with Crippen LogP contribution < -0.4 is 16.1 Å². The summed E-state index contributed by atoms with van der Waals surface area (Å²) in [5, 5.41) is 42.6. The van der Waals surface area contributed by atoms with Gasteiger partial charge in [0.05, 0.1) is 29.5 Å². The number of amides is 2. The first-order valence-corrected chi connectivity index (χ1v) is 30.0. The van der Waals surface area contributed by atoms with Gasteiger partial charge in [-0.15, -0.1) is 0 Å². The largest absolute Gasteiger partial charge is 0.508 e. The van der Waals surface area contributed by atoms with Gasteiger partial charge < -0.3 is 58.8 Å². The number of Topliss-reactive ketones (excluding diaryl/α,β-unsaturated/α-hetero) is 1. The molecule has 1 unspecified atom stereocenters. The standard InChI is InChI=1S/C70H66N2O19.CO2/c1-36-51(88-66(83)57(77)56(41-17-11-8-12-18-41)72-63(80)42-19-13-9-14-20-42)34-70(84)61(90-65(82)44-21-15-10-16-22-44)59-68(7,60(78)58(86-38(3)73)55(36)67(70,5)6)52(33-53-69(59,35-85-53)91-39(4)74)89-64(81)37(2)71-62(79)43-25-23-40(24-26-43)54-47-29-27-45(75)31-49(47)87-50-32-46(76)28-30-48(50)54;2-1-3/h8-32,37,51-53,56-59,61,75,77,84H,33-35H2,1-7H3,(H,71,79)(H,72,80);/t37-,51-,52-,53+,56-,57+,58+,59?,61-,68+,69-,70+;/m0./s1. The van der Waals surface area contributed by atoms with Gasteiger partial charge in [0.1, 0.15) is 53.2 Å². The van der Waals surface area contributed by atoms with Crippen molar-refractivity contribution in [2.24, 2.45) is 16.7 Å². The Kier molecular flexibility index (Phi) is 18.6. The van der Waals surface area contributed by atoms with Crippen LogP contribution in [-0.4, -0.2) is 129 Å². The number of phenols is 1. The number of carbonyl (C=O) groups excluding carboxylic acids is 10. The highest BCUT2D eigenvalue weighted by atomic mass is 16.6. The summed E-state index contributed by atoms with van der Waals surface area (Å²) in [4.78, 5) is 145. The molecule has 2 saturated carbocycles. The number of ketones is 1. The van der Waals surface area contributed by atoms with Crippen molar-refractivity contribution in [2.75, 3.05) is 6.61 Å². The van der Waals surface area contributed by atoms with Crippen LogP contribution in [0.25, 0.3) is 33.4 Å². The number of hydrogen-bond acceptors (Lipinski definition) is 21. The van der Waals surface area contributed by atoms with Crippen molar-refractivity contribution in [1.82, 2.24) is 10.6 Å². The molecule has 0 spiro atoms. The number of aliphatic hydroxyl groups excluding tert-OH is 1. The maximum atomic E-state index is 16.6. The second-order valence-corrected chi connectivity index (χ2v) is 24.4. The fourth-order valence-electron chi connectivity index (χ4n) is 13.9. The number of phenolic OH excluding ortho intramolecular Hbond substituents is 1. The van der Waals surface area contributed by atoms with Crippen LogP contribution in [0.3, 0.4) is 0 Å². The smallest absolute Gasteiger partial charge is 0.373 e. The number of ether oxygens (including phenoxy) is 6. The van der Waals surface area contributed by atoms with E-state index in [-0.39, 0.29) is 57.3 Å². The van der Waals surface area contributed by atoms with Crippen molar-refractivity contribution in [2.45, 2.75) is 121 Å². The van der Waals surface area contributed by atoms with Crippen LogP contribution in [0.5, 0.6) is 5.75 Å². The van der Waals surface area contributed by atoms with Crippen LogP contribution in [0.4, 0.5) is 0 Å². The van der Waals surface area contributed by atoms with E-state index in [0.29, 0.717) is 33.2 Å². The molecule has 6 aliphatic rings. The van der Waals surface area contributed by atoms with Gasteiger partial charge in [-0.25, -0.2) is 14.4 Å². The fourth-order valence-corrected chi connectivity index (χ4v) is 13.9. The molecule has 4 aliphatic carbocycles. The summed E-state index contributed by atoms with van der Waals surface area (Å²) < 4.78 is 43.8. The Labute approximate surface area is 537 Å². The zero-order valence-electron chi connectivity index (χ0n) is 51.9. The van der Waals surface area contributed by atoms with Gasteiger partial charge in [-0.1, -0.05) is 92.7 Å². The lowest BCUT2D eigenvalue weighted by Crippen LogP contribution is -2.82. The average molecular weight is 1280 g/mol. The summed E-state index contributed by atoms with van der Waals surface area (Å²) >= 11 is 0. The number of aromatic hydroxyl groups is 1. The third-order valence-electron chi connectivity index (χ3n) is 18.5. The van der Waals surface area contributed by atoms with Crippen LogP contribution in [0, 0.1) is 16.7 Å².